The molecule has 0 spiro atoms. The van der Waals surface area contributed by atoms with Crippen molar-refractivity contribution in [1.82, 2.24) is 0 Å². The summed E-state index contributed by atoms with van der Waals surface area (Å²) in [5, 5.41) is 0. The van der Waals surface area contributed by atoms with Gasteiger partial charge in [-0.2, -0.15) is 22.0 Å². The first kappa shape index (κ1) is 9.12. The third-order valence-corrected chi connectivity index (χ3v) is 0.489. The fraction of sp³-hybridized carbons (Fsp3) is 0.333. The normalized spacial score (nSPS) is 14.6. The SMILES string of the molecule is FO/C(F)=C(/F)C(F)(F)F. The van der Waals surface area contributed by atoms with Crippen LogP contribution in [0.4, 0.5) is 26.5 Å². The molecular formula is C3F6O. The molecule has 0 radical (unpaired) electrons. The summed E-state index contributed by atoms with van der Waals surface area (Å²) in [5.74, 6) is -3.23. The summed E-state index contributed by atoms with van der Waals surface area (Å²) in [6.07, 6.45) is -5.55. The van der Waals surface area contributed by atoms with Gasteiger partial charge in [-0.15, -0.1) is 0 Å². The molecule has 0 unspecified atom stereocenters. The lowest BCUT2D eigenvalue weighted by molar-refractivity contribution is -0.148. The summed E-state index contributed by atoms with van der Waals surface area (Å²) < 4.78 is 65.9. The minimum atomic E-state index is -5.55. The number of rotatable bonds is 1. The molecular weight excluding hydrogens is 166 g/mol. The van der Waals surface area contributed by atoms with Gasteiger partial charge in [-0.05, 0) is 0 Å². The molecule has 0 aliphatic carbocycles. The van der Waals surface area contributed by atoms with Gasteiger partial charge >= 0.3 is 12.2 Å². The van der Waals surface area contributed by atoms with Crippen LogP contribution in [0.25, 0.3) is 0 Å². The van der Waals surface area contributed by atoms with Gasteiger partial charge in [0, 0.05) is 4.53 Å². The van der Waals surface area contributed by atoms with Crippen LogP contribution in [0.1, 0.15) is 0 Å². The van der Waals surface area contributed by atoms with E-state index in [4.69, 9.17) is 0 Å². The maximum Gasteiger partial charge on any atom is 0.449 e. The molecule has 0 heterocycles. The zero-order valence-electron chi connectivity index (χ0n) is 4.18. The lowest BCUT2D eigenvalue weighted by Crippen LogP contribution is -2.09. The minimum Gasteiger partial charge on any atom is -0.260 e. The predicted octanol–water partition coefficient (Wildman–Crippen LogP) is 2.56. The molecule has 0 aromatic heterocycles. The molecule has 0 bridgehead atoms. The Morgan fingerprint density at radius 3 is 1.60 bits per heavy atom. The Hall–Kier alpha value is -0.880. The van der Waals surface area contributed by atoms with Gasteiger partial charge in [0.2, 0.25) is 0 Å². The highest BCUT2D eigenvalue weighted by molar-refractivity contribution is 4.99. The summed E-state index contributed by atoms with van der Waals surface area (Å²) in [5.41, 5.74) is 0. The Morgan fingerprint density at radius 2 is 1.50 bits per heavy atom. The second kappa shape index (κ2) is 2.80. The van der Waals surface area contributed by atoms with Gasteiger partial charge in [0.1, 0.15) is 0 Å². The van der Waals surface area contributed by atoms with Crippen LogP contribution >= 0.6 is 0 Å². The molecule has 1 nitrogen and oxygen atoms in total. The molecule has 10 heavy (non-hydrogen) atoms. The van der Waals surface area contributed by atoms with Crippen molar-refractivity contribution in [3.8, 4) is 0 Å². The summed E-state index contributed by atoms with van der Waals surface area (Å²) >= 11 is 0. The zero-order valence-corrected chi connectivity index (χ0v) is 4.18. The zero-order chi connectivity index (χ0) is 8.36. The van der Waals surface area contributed by atoms with Crippen molar-refractivity contribution >= 4 is 0 Å². The fourth-order valence-electron chi connectivity index (χ4n) is 0.145. The van der Waals surface area contributed by atoms with Crippen LogP contribution in [-0.4, -0.2) is 6.18 Å². The lowest BCUT2D eigenvalue weighted by Gasteiger charge is -2.00. The van der Waals surface area contributed by atoms with Crippen LogP contribution in [0.2, 0.25) is 0 Å². The molecule has 0 fully saturated rings. The number of alkyl halides is 3. The van der Waals surface area contributed by atoms with Gasteiger partial charge in [-0.3, -0.25) is 4.94 Å². The highest BCUT2D eigenvalue weighted by Gasteiger charge is 2.39. The van der Waals surface area contributed by atoms with E-state index in [-0.39, 0.29) is 0 Å². The summed E-state index contributed by atoms with van der Waals surface area (Å²) in [4.78, 5) is 1.86. The monoisotopic (exact) mass is 166 g/mol. The van der Waals surface area contributed by atoms with Crippen molar-refractivity contribution in [2.45, 2.75) is 6.18 Å². The Labute approximate surface area is 50.8 Å². The van der Waals surface area contributed by atoms with Crippen molar-refractivity contribution < 1.29 is 31.4 Å². The summed E-state index contributed by atoms with van der Waals surface area (Å²) in [7, 11) is 0. The van der Waals surface area contributed by atoms with Gasteiger partial charge in [-0.25, -0.2) is 0 Å². The number of allylic oxidation sites excluding steroid dienone is 1. The summed E-state index contributed by atoms with van der Waals surface area (Å²) in [6.45, 7) is 0. The van der Waals surface area contributed by atoms with E-state index in [0.29, 0.717) is 0 Å². The second-order valence-electron chi connectivity index (χ2n) is 1.16. The Morgan fingerprint density at radius 1 is 1.10 bits per heavy atom. The van der Waals surface area contributed by atoms with Gasteiger partial charge in [0.05, 0.1) is 0 Å². The van der Waals surface area contributed by atoms with E-state index in [1.54, 1.807) is 0 Å². The quantitative estimate of drug-likeness (QED) is 0.429. The van der Waals surface area contributed by atoms with Crippen LogP contribution in [0.15, 0.2) is 11.8 Å². The first-order chi connectivity index (χ1) is 4.39. The molecule has 0 saturated heterocycles. The van der Waals surface area contributed by atoms with Crippen molar-refractivity contribution in [3.05, 3.63) is 11.8 Å². The summed E-state index contributed by atoms with van der Waals surface area (Å²) in [6, 6.07) is -2.92. The van der Waals surface area contributed by atoms with Crippen LogP contribution in [0, 0.1) is 0 Å². The average Bonchev–Trinajstić information content (AvgIpc) is 1.83. The Kier molecular flexibility index (Phi) is 2.56. The molecule has 0 aromatic carbocycles. The van der Waals surface area contributed by atoms with Crippen molar-refractivity contribution in [1.29, 1.82) is 0 Å². The third-order valence-electron chi connectivity index (χ3n) is 0.489. The maximum atomic E-state index is 11.3. The van der Waals surface area contributed by atoms with E-state index in [1.807, 2.05) is 4.94 Å². The molecule has 60 valence electrons. The molecule has 0 aliphatic heterocycles. The van der Waals surface area contributed by atoms with Gasteiger partial charge < -0.3 is 0 Å². The maximum absolute atomic E-state index is 11.3. The second-order valence-corrected chi connectivity index (χ2v) is 1.16. The Balaban J connectivity index is 4.47. The van der Waals surface area contributed by atoms with Crippen LogP contribution < -0.4 is 0 Å². The van der Waals surface area contributed by atoms with Crippen molar-refractivity contribution in [3.63, 3.8) is 0 Å². The van der Waals surface area contributed by atoms with E-state index >= 15 is 0 Å². The molecule has 0 aromatic rings. The van der Waals surface area contributed by atoms with Crippen LogP contribution in [0.5, 0.6) is 0 Å². The molecule has 0 saturated carbocycles. The van der Waals surface area contributed by atoms with Crippen molar-refractivity contribution in [2.75, 3.05) is 0 Å². The standard InChI is InChI=1S/C3F6O/c4-1(2(5)10-9)3(6,7)8/b2-1+. The number of halogens is 6. The first-order valence-electron chi connectivity index (χ1n) is 1.80. The van der Waals surface area contributed by atoms with E-state index in [1.165, 1.54) is 0 Å². The third kappa shape index (κ3) is 2.16. The molecule has 0 aliphatic rings. The van der Waals surface area contributed by atoms with Gasteiger partial charge in [0.15, 0.2) is 0 Å². The minimum absolute atomic E-state index is 1.86. The lowest BCUT2D eigenvalue weighted by atomic mass is 10.6. The van der Waals surface area contributed by atoms with Gasteiger partial charge in [-0.1, -0.05) is 0 Å². The van der Waals surface area contributed by atoms with E-state index < -0.39 is 18.0 Å². The van der Waals surface area contributed by atoms with Crippen molar-refractivity contribution in [2.24, 2.45) is 0 Å². The van der Waals surface area contributed by atoms with E-state index in [9.17, 15) is 26.5 Å². The van der Waals surface area contributed by atoms with Gasteiger partial charge in [0.25, 0.3) is 5.83 Å². The largest absolute Gasteiger partial charge is 0.449 e. The van der Waals surface area contributed by atoms with E-state index in [2.05, 4.69) is 0 Å². The smallest absolute Gasteiger partial charge is 0.260 e. The Bertz CT molecular complexity index is 146. The van der Waals surface area contributed by atoms with E-state index in [0.717, 1.165) is 0 Å². The topological polar surface area (TPSA) is 9.23 Å². The molecule has 0 atom stereocenters. The first-order valence-corrected chi connectivity index (χ1v) is 1.80. The molecule has 0 amide bonds. The average molecular weight is 166 g/mol. The van der Waals surface area contributed by atoms with Crippen LogP contribution in [-0.2, 0) is 4.94 Å². The predicted molar refractivity (Wildman–Crippen MR) is 17.5 cm³/mol. The highest BCUT2D eigenvalue weighted by atomic mass is 19.4. The molecule has 0 N–H and O–H groups in total. The fourth-order valence-corrected chi connectivity index (χ4v) is 0.145. The molecule has 0 rings (SSSR count). The number of hydrogen-bond acceptors (Lipinski definition) is 1. The van der Waals surface area contributed by atoms with Crippen LogP contribution in [0.3, 0.4) is 0 Å². The molecule has 7 heteroatoms. The number of hydrogen-bond donors (Lipinski definition) is 0. The highest BCUT2D eigenvalue weighted by Crippen LogP contribution is 2.29.